The molecule has 3 aromatic rings. The van der Waals surface area contributed by atoms with E-state index in [1.807, 2.05) is 13.0 Å². The SMILES string of the molecule is CCNc1nc(-c2cccc(F)c2C)c2cn[nH]c2n1. The van der Waals surface area contributed by atoms with E-state index in [0.29, 0.717) is 29.4 Å². The van der Waals surface area contributed by atoms with E-state index < -0.39 is 0 Å². The second-order valence-electron chi connectivity index (χ2n) is 4.47. The third kappa shape index (κ3) is 1.99. The molecule has 1 aromatic carbocycles. The Morgan fingerprint density at radius 3 is 2.95 bits per heavy atom. The van der Waals surface area contributed by atoms with Crippen molar-refractivity contribution in [2.45, 2.75) is 13.8 Å². The zero-order chi connectivity index (χ0) is 14.1. The molecule has 0 aliphatic carbocycles. The summed E-state index contributed by atoms with van der Waals surface area (Å²) in [4.78, 5) is 8.82. The number of aromatic nitrogens is 4. The van der Waals surface area contributed by atoms with E-state index in [4.69, 9.17) is 0 Å². The van der Waals surface area contributed by atoms with Crippen molar-refractivity contribution in [1.82, 2.24) is 20.2 Å². The Bertz CT molecular complexity index is 765. The van der Waals surface area contributed by atoms with Crippen LogP contribution in [0.5, 0.6) is 0 Å². The highest BCUT2D eigenvalue weighted by Gasteiger charge is 2.14. The van der Waals surface area contributed by atoms with Crippen molar-refractivity contribution in [3.8, 4) is 11.3 Å². The quantitative estimate of drug-likeness (QED) is 0.768. The Labute approximate surface area is 115 Å². The molecule has 0 aliphatic heterocycles. The van der Waals surface area contributed by atoms with Crippen molar-refractivity contribution in [2.24, 2.45) is 0 Å². The molecule has 5 nitrogen and oxygen atoms in total. The Hall–Kier alpha value is -2.50. The highest BCUT2D eigenvalue weighted by Crippen LogP contribution is 2.29. The first kappa shape index (κ1) is 12.5. The van der Waals surface area contributed by atoms with Gasteiger partial charge in [-0.25, -0.2) is 9.37 Å². The third-order valence-electron chi connectivity index (χ3n) is 3.17. The fourth-order valence-electron chi connectivity index (χ4n) is 2.14. The lowest BCUT2D eigenvalue weighted by Gasteiger charge is -2.09. The molecule has 6 heteroatoms. The summed E-state index contributed by atoms with van der Waals surface area (Å²) < 4.78 is 13.8. The van der Waals surface area contributed by atoms with Crippen LogP contribution in [0.25, 0.3) is 22.3 Å². The molecule has 2 aromatic heterocycles. The Morgan fingerprint density at radius 1 is 1.30 bits per heavy atom. The second kappa shape index (κ2) is 4.88. The molecule has 2 N–H and O–H groups in total. The maximum atomic E-state index is 13.8. The molecule has 0 spiro atoms. The molecule has 0 amide bonds. The van der Waals surface area contributed by atoms with E-state index in [9.17, 15) is 4.39 Å². The molecule has 0 atom stereocenters. The van der Waals surface area contributed by atoms with Gasteiger partial charge in [0.1, 0.15) is 5.82 Å². The van der Waals surface area contributed by atoms with Gasteiger partial charge in [0.15, 0.2) is 5.65 Å². The number of H-pyrrole nitrogens is 1. The van der Waals surface area contributed by atoms with E-state index in [1.54, 1.807) is 19.2 Å². The van der Waals surface area contributed by atoms with Crippen LogP contribution in [0.3, 0.4) is 0 Å². The van der Waals surface area contributed by atoms with Gasteiger partial charge in [0.2, 0.25) is 5.95 Å². The smallest absolute Gasteiger partial charge is 0.225 e. The summed E-state index contributed by atoms with van der Waals surface area (Å²) in [6.45, 7) is 4.42. The lowest BCUT2D eigenvalue weighted by Crippen LogP contribution is -2.04. The first-order valence-electron chi connectivity index (χ1n) is 6.41. The van der Waals surface area contributed by atoms with Crippen LogP contribution in [0.4, 0.5) is 10.3 Å². The summed E-state index contributed by atoms with van der Waals surface area (Å²) in [5, 5.41) is 10.7. The zero-order valence-electron chi connectivity index (χ0n) is 11.2. The van der Waals surface area contributed by atoms with Crippen molar-refractivity contribution in [3.63, 3.8) is 0 Å². The van der Waals surface area contributed by atoms with E-state index in [1.165, 1.54) is 6.07 Å². The van der Waals surface area contributed by atoms with Crippen LogP contribution in [-0.4, -0.2) is 26.7 Å². The van der Waals surface area contributed by atoms with Crippen LogP contribution in [-0.2, 0) is 0 Å². The normalized spacial score (nSPS) is 10.9. The topological polar surface area (TPSA) is 66.5 Å². The summed E-state index contributed by atoms with van der Waals surface area (Å²) in [5.74, 6) is 0.255. The molecule has 0 saturated heterocycles. The molecular formula is C14H14FN5. The average molecular weight is 271 g/mol. The van der Waals surface area contributed by atoms with Crippen molar-refractivity contribution in [2.75, 3.05) is 11.9 Å². The molecule has 0 aliphatic rings. The summed E-state index contributed by atoms with van der Waals surface area (Å²) in [7, 11) is 0. The number of rotatable bonds is 3. The van der Waals surface area contributed by atoms with Crippen molar-refractivity contribution in [1.29, 1.82) is 0 Å². The third-order valence-corrected chi connectivity index (χ3v) is 3.17. The van der Waals surface area contributed by atoms with Gasteiger partial charge in [0.05, 0.1) is 17.3 Å². The van der Waals surface area contributed by atoms with Crippen LogP contribution in [0.2, 0.25) is 0 Å². The molecule has 0 radical (unpaired) electrons. The number of nitrogens with one attached hydrogen (secondary N) is 2. The molecule has 0 fully saturated rings. The van der Waals surface area contributed by atoms with E-state index in [2.05, 4.69) is 25.5 Å². The van der Waals surface area contributed by atoms with Gasteiger partial charge in [-0.1, -0.05) is 12.1 Å². The van der Waals surface area contributed by atoms with Gasteiger partial charge in [-0.2, -0.15) is 10.1 Å². The number of aromatic amines is 1. The average Bonchev–Trinajstić information content (AvgIpc) is 2.90. The predicted octanol–water partition coefficient (Wildman–Crippen LogP) is 2.90. The Kier molecular flexibility index (Phi) is 3.06. The lowest BCUT2D eigenvalue weighted by molar-refractivity contribution is 0.619. The van der Waals surface area contributed by atoms with Gasteiger partial charge in [0, 0.05) is 12.1 Å². The number of benzene rings is 1. The predicted molar refractivity (Wildman–Crippen MR) is 76.0 cm³/mol. The van der Waals surface area contributed by atoms with Gasteiger partial charge in [-0.3, -0.25) is 5.10 Å². The lowest BCUT2D eigenvalue weighted by atomic mass is 10.0. The number of hydrogen-bond acceptors (Lipinski definition) is 4. The number of anilines is 1. The molecular weight excluding hydrogens is 257 g/mol. The summed E-state index contributed by atoms with van der Waals surface area (Å²) in [5.41, 5.74) is 2.63. The standard InChI is InChI=1S/C14H14FN5/c1-3-16-14-18-12(10-7-17-20-13(10)19-14)9-5-4-6-11(15)8(9)2/h4-7H,3H2,1-2H3,(H2,16,17,18,19,20). The summed E-state index contributed by atoms with van der Waals surface area (Å²) in [6, 6.07) is 4.97. The number of hydrogen-bond donors (Lipinski definition) is 2. The molecule has 102 valence electrons. The van der Waals surface area contributed by atoms with Gasteiger partial charge in [0.25, 0.3) is 0 Å². The van der Waals surface area contributed by atoms with Crippen molar-refractivity contribution < 1.29 is 4.39 Å². The van der Waals surface area contributed by atoms with E-state index >= 15 is 0 Å². The zero-order valence-corrected chi connectivity index (χ0v) is 11.2. The van der Waals surface area contributed by atoms with Crippen LogP contribution < -0.4 is 5.32 Å². The Balaban J connectivity index is 2.28. The largest absolute Gasteiger partial charge is 0.354 e. The minimum absolute atomic E-state index is 0.247. The minimum atomic E-state index is -0.247. The number of fused-ring (bicyclic) bond motifs is 1. The molecule has 2 heterocycles. The summed E-state index contributed by atoms with van der Waals surface area (Å²) >= 11 is 0. The van der Waals surface area contributed by atoms with Gasteiger partial charge < -0.3 is 5.32 Å². The van der Waals surface area contributed by atoms with Gasteiger partial charge >= 0.3 is 0 Å². The monoisotopic (exact) mass is 271 g/mol. The van der Waals surface area contributed by atoms with Crippen molar-refractivity contribution in [3.05, 3.63) is 35.8 Å². The maximum Gasteiger partial charge on any atom is 0.225 e. The van der Waals surface area contributed by atoms with Crippen LogP contribution >= 0.6 is 0 Å². The number of nitrogens with zero attached hydrogens (tertiary/aromatic N) is 3. The fraction of sp³-hybridized carbons (Fsp3) is 0.214. The highest BCUT2D eigenvalue weighted by molar-refractivity contribution is 5.91. The molecule has 0 bridgehead atoms. The van der Waals surface area contributed by atoms with Crippen LogP contribution in [0.15, 0.2) is 24.4 Å². The highest BCUT2D eigenvalue weighted by atomic mass is 19.1. The second-order valence-corrected chi connectivity index (χ2v) is 4.47. The fourth-order valence-corrected chi connectivity index (χ4v) is 2.14. The Morgan fingerprint density at radius 2 is 2.15 bits per heavy atom. The minimum Gasteiger partial charge on any atom is -0.354 e. The van der Waals surface area contributed by atoms with E-state index in [0.717, 1.165) is 10.9 Å². The molecule has 0 unspecified atom stereocenters. The van der Waals surface area contributed by atoms with Gasteiger partial charge in [-0.05, 0) is 25.5 Å². The van der Waals surface area contributed by atoms with Crippen molar-refractivity contribution >= 4 is 17.0 Å². The van der Waals surface area contributed by atoms with Crippen LogP contribution in [0, 0.1) is 12.7 Å². The van der Waals surface area contributed by atoms with Crippen LogP contribution in [0.1, 0.15) is 12.5 Å². The summed E-state index contributed by atoms with van der Waals surface area (Å²) in [6.07, 6.45) is 1.66. The molecule has 0 saturated carbocycles. The first-order valence-corrected chi connectivity index (χ1v) is 6.41. The van der Waals surface area contributed by atoms with Gasteiger partial charge in [-0.15, -0.1) is 0 Å². The van der Waals surface area contributed by atoms with E-state index in [-0.39, 0.29) is 5.82 Å². The first-order chi connectivity index (χ1) is 9.70. The molecule has 3 rings (SSSR count). The number of halogens is 1. The maximum absolute atomic E-state index is 13.8. The molecule has 20 heavy (non-hydrogen) atoms.